The number of unbranched alkanes of at least 4 members (excludes halogenated alkanes) is 1. The minimum absolute atomic E-state index is 0.0552. The summed E-state index contributed by atoms with van der Waals surface area (Å²) in [6.07, 6.45) is 1.82. The summed E-state index contributed by atoms with van der Waals surface area (Å²) in [4.78, 5) is 38.4. The summed E-state index contributed by atoms with van der Waals surface area (Å²) in [5, 5.41) is 9.11. The highest BCUT2D eigenvalue weighted by atomic mass is 35.5. The van der Waals surface area contributed by atoms with Crippen LogP contribution < -0.4 is 4.90 Å². The molecular weight excluding hydrogens is 332 g/mol. The predicted molar refractivity (Wildman–Crippen MR) is 91.1 cm³/mol. The standard InChI is InChI=1S/C17H21ClN2O4/c1-19(15(21)8-4-5-9-16(22)23)14-10-11-20(17(14)24)13-7-3-2-6-12(13)18/h2-3,6-7,14H,4-5,8-11H2,1H3,(H,22,23). The number of nitrogens with zero attached hydrogens (tertiary/aromatic N) is 2. The Balaban J connectivity index is 1.93. The summed E-state index contributed by atoms with van der Waals surface area (Å²) in [5.41, 5.74) is 0.661. The molecule has 1 atom stereocenters. The second-order valence-corrected chi connectivity index (χ2v) is 6.26. The number of anilines is 1. The van der Waals surface area contributed by atoms with Crippen molar-refractivity contribution in [1.29, 1.82) is 0 Å². The number of carbonyl (C=O) groups excluding carboxylic acids is 2. The zero-order valence-electron chi connectivity index (χ0n) is 13.6. The number of para-hydroxylation sites is 1. The van der Waals surface area contributed by atoms with Crippen molar-refractivity contribution >= 4 is 35.1 Å². The van der Waals surface area contributed by atoms with E-state index in [4.69, 9.17) is 16.7 Å². The molecule has 0 aromatic heterocycles. The van der Waals surface area contributed by atoms with Gasteiger partial charge in [-0.1, -0.05) is 23.7 Å². The molecule has 24 heavy (non-hydrogen) atoms. The van der Waals surface area contributed by atoms with Gasteiger partial charge in [-0.3, -0.25) is 14.4 Å². The van der Waals surface area contributed by atoms with Crippen molar-refractivity contribution in [2.24, 2.45) is 0 Å². The van der Waals surface area contributed by atoms with Crippen molar-refractivity contribution in [2.45, 2.75) is 38.1 Å². The highest BCUT2D eigenvalue weighted by Gasteiger charge is 2.37. The predicted octanol–water partition coefficient (Wildman–Crippen LogP) is 2.55. The third-order valence-electron chi connectivity index (χ3n) is 4.21. The van der Waals surface area contributed by atoms with Gasteiger partial charge in [-0.2, -0.15) is 0 Å². The van der Waals surface area contributed by atoms with E-state index in [-0.39, 0.29) is 24.7 Å². The number of likely N-dealkylation sites (N-methyl/N-ethyl adjacent to an activating group) is 1. The molecule has 6 nitrogen and oxygen atoms in total. The average molecular weight is 353 g/mol. The fourth-order valence-electron chi connectivity index (χ4n) is 2.84. The number of aliphatic carboxylic acids is 1. The third kappa shape index (κ3) is 4.26. The number of carboxylic acids is 1. The molecule has 0 bridgehead atoms. The van der Waals surface area contributed by atoms with Crippen LogP contribution in [0.4, 0.5) is 5.69 Å². The average Bonchev–Trinajstić information content (AvgIpc) is 2.92. The Morgan fingerprint density at radius 2 is 1.96 bits per heavy atom. The maximum Gasteiger partial charge on any atom is 0.303 e. The largest absolute Gasteiger partial charge is 0.481 e. The van der Waals surface area contributed by atoms with Crippen LogP contribution in [0.2, 0.25) is 5.02 Å². The Hall–Kier alpha value is -2.08. The molecule has 1 saturated heterocycles. The van der Waals surface area contributed by atoms with Crippen LogP contribution in [0.15, 0.2) is 24.3 Å². The number of carboxylic acid groups (broad SMARTS) is 1. The van der Waals surface area contributed by atoms with Crippen molar-refractivity contribution < 1.29 is 19.5 Å². The van der Waals surface area contributed by atoms with Crippen LogP contribution in [0.25, 0.3) is 0 Å². The van der Waals surface area contributed by atoms with E-state index in [0.29, 0.717) is 36.5 Å². The Morgan fingerprint density at radius 1 is 1.29 bits per heavy atom. The lowest BCUT2D eigenvalue weighted by Gasteiger charge is -2.24. The number of carbonyl (C=O) groups is 3. The number of halogens is 1. The molecule has 1 aromatic carbocycles. The van der Waals surface area contributed by atoms with Crippen molar-refractivity contribution in [2.75, 3.05) is 18.5 Å². The van der Waals surface area contributed by atoms with Crippen LogP contribution in [0, 0.1) is 0 Å². The zero-order chi connectivity index (χ0) is 17.7. The van der Waals surface area contributed by atoms with Gasteiger partial charge in [-0.05, 0) is 31.4 Å². The van der Waals surface area contributed by atoms with E-state index in [1.807, 2.05) is 6.07 Å². The lowest BCUT2D eigenvalue weighted by molar-refractivity contribution is -0.138. The summed E-state index contributed by atoms with van der Waals surface area (Å²) in [5.74, 6) is -1.14. The fraction of sp³-hybridized carbons (Fsp3) is 0.471. The molecule has 1 heterocycles. The Kier molecular flexibility index (Phi) is 6.20. The molecule has 1 unspecified atom stereocenters. The SMILES string of the molecule is CN(C(=O)CCCCC(=O)O)C1CCN(c2ccccc2Cl)C1=O. The maximum atomic E-state index is 12.6. The maximum absolute atomic E-state index is 12.6. The summed E-state index contributed by atoms with van der Waals surface area (Å²) >= 11 is 6.15. The first-order chi connectivity index (χ1) is 11.4. The van der Waals surface area contributed by atoms with E-state index in [1.165, 1.54) is 4.90 Å². The van der Waals surface area contributed by atoms with Crippen LogP contribution in [0.5, 0.6) is 0 Å². The first-order valence-corrected chi connectivity index (χ1v) is 8.33. The van der Waals surface area contributed by atoms with Gasteiger partial charge in [0.05, 0.1) is 10.7 Å². The fourth-order valence-corrected chi connectivity index (χ4v) is 3.07. The highest BCUT2D eigenvalue weighted by molar-refractivity contribution is 6.34. The van der Waals surface area contributed by atoms with E-state index in [0.717, 1.165) is 0 Å². The number of rotatable bonds is 7. The van der Waals surface area contributed by atoms with Crippen LogP contribution in [0.1, 0.15) is 32.1 Å². The van der Waals surface area contributed by atoms with Crippen LogP contribution in [-0.4, -0.2) is 47.4 Å². The Labute approximate surface area is 146 Å². The first-order valence-electron chi connectivity index (χ1n) is 7.95. The normalized spacial score (nSPS) is 17.2. The van der Waals surface area contributed by atoms with Gasteiger partial charge in [0.15, 0.2) is 0 Å². The van der Waals surface area contributed by atoms with Gasteiger partial charge >= 0.3 is 5.97 Å². The molecule has 0 radical (unpaired) electrons. The second-order valence-electron chi connectivity index (χ2n) is 5.85. The summed E-state index contributed by atoms with van der Waals surface area (Å²) < 4.78 is 0. The van der Waals surface area contributed by atoms with Crippen molar-refractivity contribution in [3.63, 3.8) is 0 Å². The molecule has 1 fully saturated rings. The number of amides is 2. The number of benzene rings is 1. The monoisotopic (exact) mass is 352 g/mol. The lowest BCUT2D eigenvalue weighted by atomic mass is 10.1. The van der Waals surface area contributed by atoms with Gasteiger partial charge in [-0.25, -0.2) is 0 Å². The van der Waals surface area contributed by atoms with Gasteiger partial charge in [0, 0.05) is 26.4 Å². The quantitative estimate of drug-likeness (QED) is 0.765. The van der Waals surface area contributed by atoms with Crippen molar-refractivity contribution in [1.82, 2.24) is 4.90 Å². The van der Waals surface area contributed by atoms with E-state index in [9.17, 15) is 14.4 Å². The van der Waals surface area contributed by atoms with Crippen LogP contribution in [0.3, 0.4) is 0 Å². The number of hydrogen-bond acceptors (Lipinski definition) is 3. The highest BCUT2D eigenvalue weighted by Crippen LogP contribution is 2.30. The molecular formula is C17H21ClN2O4. The van der Waals surface area contributed by atoms with Gasteiger partial charge in [0.1, 0.15) is 6.04 Å². The minimum Gasteiger partial charge on any atom is -0.481 e. The summed E-state index contributed by atoms with van der Waals surface area (Å²) in [7, 11) is 1.62. The molecule has 0 spiro atoms. The molecule has 1 N–H and O–H groups in total. The first kappa shape index (κ1) is 18.3. The van der Waals surface area contributed by atoms with Gasteiger partial charge < -0.3 is 14.9 Å². The zero-order valence-corrected chi connectivity index (χ0v) is 14.3. The topological polar surface area (TPSA) is 77.9 Å². The van der Waals surface area contributed by atoms with E-state index >= 15 is 0 Å². The number of hydrogen-bond donors (Lipinski definition) is 1. The molecule has 1 aliphatic heterocycles. The molecule has 7 heteroatoms. The van der Waals surface area contributed by atoms with Crippen molar-refractivity contribution in [3.05, 3.63) is 29.3 Å². The van der Waals surface area contributed by atoms with Crippen molar-refractivity contribution in [3.8, 4) is 0 Å². The molecule has 0 saturated carbocycles. The summed E-state index contributed by atoms with van der Waals surface area (Å²) in [6, 6.07) is 6.65. The van der Waals surface area contributed by atoms with E-state index in [2.05, 4.69) is 0 Å². The van der Waals surface area contributed by atoms with E-state index in [1.54, 1.807) is 30.1 Å². The molecule has 1 aliphatic rings. The van der Waals surface area contributed by atoms with Gasteiger partial charge in [0.25, 0.3) is 0 Å². The van der Waals surface area contributed by atoms with Crippen LogP contribution >= 0.6 is 11.6 Å². The molecule has 2 rings (SSSR count). The Morgan fingerprint density at radius 3 is 2.62 bits per heavy atom. The second kappa shape index (κ2) is 8.15. The minimum atomic E-state index is -0.864. The van der Waals surface area contributed by atoms with Gasteiger partial charge in [-0.15, -0.1) is 0 Å². The third-order valence-corrected chi connectivity index (χ3v) is 4.53. The lowest BCUT2D eigenvalue weighted by Crippen LogP contribution is -2.43. The van der Waals surface area contributed by atoms with Crippen LogP contribution in [-0.2, 0) is 14.4 Å². The van der Waals surface area contributed by atoms with E-state index < -0.39 is 12.0 Å². The summed E-state index contributed by atoms with van der Waals surface area (Å²) in [6.45, 7) is 0.518. The smallest absolute Gasteiger partial charge is 0.303 e. The molecule has 1 aromatic rings. The molecule has 130 valence electrons. The molecule has 2 amide bonds. The Bertz CT molecular complexity index is 635. The van der Waals surface area contributed by atoms with Gasteiger partial charge in [0.2, 0.25) is 11.8 Å². The molecule has 0 aliphatic carbocycles.